The lowest BCUT2D eigenvalue weighted by atomic mass is 9.97. The molecule has 8 atom stereocenters. The number of H-pyrrole nitrogens is 2. The molecule has 0 unspecified atom stereocenters. The Morgan fingerprint density at radius 1 is 0.529 bits per heavy atom. The highest BCUT2D eigenvalue weighted by Crippen LogP contribution is 2.55. The van der Waals surface area contributed by atoms with E-state index < -0.39 is 24.3 Å². The number of piperidine rings is 2. The lowest BCUT2D eigenvalue weighted by molar-refractivity contribution is -0.136. The van der Waals surface area contributed by atoms with Crippen molar-refractivity contribution in [1.82, 2.24) is 40.4 Å². The zero-order valence-electron chi connectivity index (χ0n) is 37.4. The number of aromatic nitrogens is 4. The zero-order chi connectivity index (χ0) is 46.2. The van der Waals surface area contributed by atoms with Crippen LogP contribution in [0.4, 0.5) is 9.59 Å². The molecule has 8 aromatic rings. The predicted molar refractivity (Wildman–Crippen MR) is 256 cm³/mol. The Kier molecular flexibility index (Phi) is 9.99. The summed E-state index contributed by atoms with van der Waals surface area (Å²) in [5.74, 6) is 1.95. The molecule has 4 heterocycles. The SMILES string of the molecule is COC(=O)N[C@H](C(=O)N1[C@@H]2C[C@@H]2C[C@H]1c1nc2ccc(-c3ccc4cc(-c5ccc6nc([C@@H]7C[C@H]8C[C@H]8N7C(=O)[C@H](NC(=O)OC)c7ccccc7)[nH]c6c5)ccc4c3)cc2[nH]1)c1ccccc1. The van der Waals surface area contributed by atoms with Gasteiger partial charge in [-0.1, -0.05) is 97.1 Å². The Morgan fingerprint density at radius 3 is 1.34 bits per heavy atom. The molecule has 4 aliphatic rings. The average Bonchev–Trinajstić information content (AvgIpc) is 4.04. The number of methoxy groups -OCH3 is 2. The van der Waals surface area contributed by atoms with Crippen LogP contribution >= 0.6 is 0 Å². The Labute approximate surface area is 391 Å². The third-order valence-electron chi connectivity index (χ3n) is 14.5. The summed E-state index contributed by atoms with van der Waals surface area (Å²) in [7, 11) is 2.59. The van der Waals surface area contributed by atoms with E-state index in [1.807, 2.05) is 82.6 Å². The number of fused-ring (bicyclic) bond motifs is 5. The number of carbonyl (C=O) groups excluding carboxylic acids is 4. The number of hydrogen-bond donors (Lipinski definition) is 4. The molecule has 6 aromatic carbocycles. The molecule has 2 aliphatic carbocycles. The molecular weight excluding hydrogens is 857 g/mol. The molecule has 12 rings (SSSR count). The zero-order valence-corrected chi connectivity index (χ0v) is 37.4. The van der Waals surface area contributed by atoms with Crippen molar-refractivity contribution in [3.05, 3.63) is 156 Å². The number of nitrogens with zero attached hydrogens (tertiary/aromatic N) is 4. The largest absolute Gasteiger partial charge is 0.453 e. The van der Waals surface area contributed by atoms with E-state index in [0.717, 1.165) is 92.4 Å². The Hall–Kier alpha value is -8.00. The van der Waals surface area contributed by atoms with Gasteiger partial charge in [0.05, 0.1) is 48.4 Å². The van der Waals surface area contributed by atoms with E-state index in [0.29, 0.717) is 23.0 Å². The smallest absolute Gasteiger partial charge is 0.407 e. The summed E-state index contributed by atoms with van der Waals surface area (Å²) in [5.41, 5.74) is 9.05. The molecular formula is C54H48N8O6. The molecule has 14 heteroatoms. The summed E-state index contributed by atoms with van der Waals surface area (Å²) in [6.07, 6.45) is 2.19. The molecule has 14 nitrogen and oxygen atoms in total. The van der Waals surface area contributed by atoms with Crippen LogP contribution in [0.25, 0.3) is 55.1 Å². The van der Waals surface area contributed by atoms with Crippen molar-refractivity contribution < 1.29 is 28.7 Å². The van der Waals surface area contributed by atoms with Gasteiger partial charge in [-0.2, -0.15) is 0 Å². The maximum absolute atomic E-state index is 14.3. The van der Waals surface area contributed by atoms with Crippen molar-refractivity contribution >= 4 is 56.8 Å². The van der Waals surface area contributed by atoms with Gasteiger partial charge in [-0.05, 0) is 118 Å². The van der Waals surface area contributed by atoms with Crippen molar-refractivity contribution in [2.24, 2.45) is 11.8 Å². The first-order chi connectivity index (χ1) is 33.2. The number of rotatable bonds is 10. The summed E-state index contributed by atoms with van der Waals surface area (Å²) in [6.45, 7) is 0. The molecule has 4 fully saturated rings. The van der Waals surface area contributed by atoms with Gasteiger partial charge in [0.25, 0.3) is 11.8 Å². The first-order valence-corrected chi connectivity index (χ1v) is 23.2. The van der Waals surface area contributed by atoms with Gasteiger partial charge in [0.1, 0.15) is 23.7 Å². The second-order valence-corrected chi connectivity index (χ2v) is 18.6. The highest BCUT2D eigenvalue weighted by Gasteiger charge is 2.57. The molecule has 0 bridgehead atoms. The number of alkyl carbamates (subject to hydrolysis) is 2. The minimum Gasteiger partial charge on any atom is -0.453 e. The lowest BCUT2D eigenvalue weighted by Gasteiger charge is -2.30. The van der Waals surface area contributed by atoms with Crippen LogP contribution in [-0.4, -0.2) is 80.0 Å². The molecule has 0 radical (unpaired) electrons. The number of imidazole rings is 2. The van der Waals surface area contributed by atoms with Crippen LogP contribution in [0.1, 0.15) is 72.6 Å². The van der Waals surface area contributed by atoms with Gasteiger partial charge in [-0.25, -0.2) is 19.6 Å². The standard InChI is InChI=1S/C54H48N8O6/c1-67-53(65)59-47(29-9-5-3-6-10-29)51(63)61-43-25-37(43)27-45(61)49-55-39-19-17-35(23-41(39)57-49)33-15-13-32-22-34(16-14-31(32)21-33)36-18-20-40-42(24-36)58-50(56-40)46-28-38-26-44(38)62(46)52(64)48(60-54(66)68-2)30-11-7-4-8-12-30/h3-24,37-38,43-48H,25-28H2,1-2H3,(H,55,57)(H,56,58)(H,59,65)(H,60,66)/t37-,38-,43-,44-,45+,46+,47-,48+/m1/s1. The number of nitrogens with one attached hydrogen (secondary N) is 4. The van der Waals surface area contributed by atoms with Crippen LogP contribution in [0.5, 0.6) is 0 Å². The van der Waals surface area contributed by atoms with Gasteiger partial charge in [0.2, 0.25) is 0 Å². The Bertz CT molecular complexity index is 3080. The number of ether oxygens (including phenoxy) is 2. The molecule has 4 amide bonds. The lowest BCUT2D eigenvalue weighted by Crippen LogP contribution is -2.44. The number of hydrogen-bond acceptors (Lipinski definition) is 8. The minimum atomic E-state index is -0.878. The maximum atomic E-state index is 14.3. The first-order valence-electron chi connectivity index (χ1n) is 23.2. The molecule has 2 aliphatic heterocycles. The van der Waals surface area contributed by atoms with Crippen molar-refractivity contribution in [2.45, 2.75) is 61.9 Å². The van der Waals surface area contributed by atoms with E-state index in [2.05, 4.69) is 81.3 Å². The van der Waals surface area contributed by atoms with Crippen molar-refractivity contribution in [2.75, 3.05) is 14.2 Å². The number of aromatic amines is 2. The molecule has 68 heavy (non-hydrogen) atoms. The maximum Gasteiger partial charge on any atom is 0.407 e. The summed E-state index contributed by atoms with van der Waals surface area (Å²) in [5, 5.41) is 7.76. The van der Waals surface area contributed by atoms with Gasteiger partial charge in [0, 0.05) is 12.1 Å². The molecule has 2 saturated heterocycles. The number of likely N-dealkylation sites (tertiary alicyclic amines) is 2. The molecule has 2 saturated carbocycles. The van der Waals surface area contributed by atoms with Gasteiger partial charge in [-0.3, -0.25) is 9.59 Å². The fraction of sp³-hybridized carbons (Fsp3) is 0.259. The number of amides is 4. The highest BCUT2D eigenvalue weighted by molar-refractivity contribution is 5.94. The van der Waals surface area contributed by atoms with Gasteiger partial charge in [-0.15, -0.1) is 0 Å². The Morgan fingerprint density at radius 2 is 0.926 bits per heavy atom. The van der Waals surface area contributed by atoms with E-state index in [1.54, 1.807) is 0 Å². The van der Waals surface area contributed by atoms with Crippen LogP contribution in [0.3, 0.4) is 0 Å². The van der Waals surface area contributed by atoms with E-state index >= 15 is 0 Å². The van der Waals surface area contributed by atoms with Crippen LogP contribution in [-0.2, 0) is 19.1 Å². The summed E-state index contributed by atoms with van der Waals surface area (Å²) < 4.78 is 9.80. The average molecular weight is 905 g/mol. The fourth-order valence-corrected chi connectivity index (χ4v) is 10.9. The summed E-state index contributed by atoms with van der Waals surface area (Å²) in [6, 6.07) is 42.0. The van der Waals surface area contributed by atoms with Crippen LogP contribution < -0.4 is 10.6 Å². The van der Waals surface area contributed by atoms with Crippen LogP contribution in [0.15, 0.2) is 133 Å². The molecule has 0 spiro atoms. The fourth-order valence-electron chi connectivity index (χ4n) is 10.9. The van der Waals surface area contributed by atoms with E-state index in [9.17, 15) is 19.2 Å². The van der Waals surface area contributed by atoms with Crippen molar-refractivity contribution in [1.29, 1.82) is 0 Å². The predicted octanol–water partition coefficient (Wildman–Crippen LogP) is 9.44. The second kappa shape index (κ2) is 16.4. The third kappa shape index (κ3) is 7.36. The monoisotopic (exact) mass is 904 g/mol. The number of carbonyl (C=O) groups is 4. The van der Waals surface area contributed by atoms with Gasteiger partial charge >= 0.3 is 12.2 Å². The number of benzene rings is 6. The van der Waals surface area contributed by atoms with E-state index in [4.69, 9.17) is 19.4 Å². The summed E-state index contributed by atoms with van der Waals surface area (Å²) in [4.78, 5) is 74.3. The van der Waals surface area contributed by atoms with Crippen LogP contribution in [0, 0.1) is 11.8 Å². The topological polar surface area (TPSA) is 175 Å². The van der Waals surface area contributed by atoms with Crippen LogP contribution in [0.2, 0.25) is 0 Å². The quantitative estimate of drug-likeness (QED) is 0.105. The minimum absolute atomic E-state index is 0.109. The Balaban J connectivity index is 0.775. The van der Waals surface area contributed by atoms with Crippen molar-refractivity contribution in [3.8, 4) is 22.3 Å². The van der Waals surface area contributed by atoms with Crippen molar-refractivity contribution in [3.63, 3.8) is 0 Å². The van der Waals surface area contributed by atoms with E-state index in [-0.39, 0.29) is 36.0 Å². The molecule has 4 N–H and O–H groups in total. The third-order valence-corrected chi connectivity index (χ3v) is 14.5. The first kappa shape index (κ1) is 41.4. The molecule has 2 aromatic heterocycles. The van der Waals surface area contributed by atoms with Gasteiger partial charge < -0.3 is 39.9 Å². The summed E-state index contributed by atoms with van der Waals surface area (Å²) >= 11 is 0. The van der Waals surface area contributed by atoms with Gasteiger partial charge in [0.15, 0.2) is 0 Å². The highest BCUT2D eigenvalue weighted by atomic mass is 16.5. The van der Waals surface area contributed by atoms with E-state index in [1.165, 1.54) is 14.2 Å². The second-order valence-electron chi connectivity index (χ2n) is 18.6. The molecule has 340 valence electrons. The normalized spacial score (nSPS) is 22.1.